The second kappa shape index (κ2) is 4.92. The first-order valence-electron chi connectivity index (χ1n) is 5.24. The number of anilines is 1. The molecule has 1 atom stereocenters. The van der Waals surface area contributed by atoms with Crippen molar-refractivity contribution in [3.63, 3.8) is 0 Å². The van der Waals surface area contributed by atoms with Crippen molar-refractivity contribution in [2.75, 3.05) is 17.3 Å². The van der Waals surface area contributed by atoms with E-state index in [-0.39, 0.29) is 5.91 Å². The summed E-state index contributed by atoms with van der Waals surface area (Å²) >= 11 is 8.10. The molecule has 0 radical (unpaired) electrons. The number of benzene rings is 1. The fourth-order valence-electron chi connectivity index (χ4n) is 1.88. The van der Waals surface area contributed by atoms with Gasteiger partial charge in [0.25, 0.3) is 0 Å². The lowest BCUT2D eigenvalue weighted by Crippen LogP contribution is -2.24. The zero-order chi connectivity index (χ0) is 11.7. The van der Waals surface area contributed by atoms with Gasteiger partial charge in [-0.05, 0) is 53.1 Å². The van der Waals surface area contributed by atoms with Crippen LogP contribution < -0.4 is 4.90 Å². The van der Waals surface area contributed by atoms with Gasteiger partial charge in [-0.1, -0.05) is 6.07 Å². The topological polar surface area (TPSA) is 20.3 Å². The van der Waals surface area contributed by atoms with E-state index in [9.17, 15) is 4.79 Å². The van der Waals surface area contributed by atoms with Gasteiger partial charge in [0.15, 0.2) is 0 Å². The van der Waals surface area contributed by atoms with E-state index in [4.69, 9.17) is 11.6 Å². The van der Waals surface area contributed by atoms with Crippen molar-refractivity contribution in [3.05, 3.63) is 27.3 Å². The molecule has 0 N–H and O–H groups in total. The molecule has 1 unspecified atom stereocenters. The summed E-state index contributed by atoms with van der Waals surface area (Å²) in [6.07, 6.45) is 0.577. The smallest absolute Gasteiger partial charge is 0.227 e. The lowest BCUT2D eigenvalue weighted by Gasteiger charge is -2.17. The number of halogens is 2. The molecule has 1 saturated heterocycles. The minimum atomic E-state index is 0.185. The standard InChI is InChI=1S/C12H13ClINO/c1-8-2-3-10(5-11(8)14)15-7-9(6-13)4-12(15)16/h2-3,5,9H,4,6-7H2,1H3. The second-order valence-electron chi connectivity index (χ2n) is 4.16. The van der Waals surface area contributed by atoms with Crippen LogP contribution in [0.25, 0.3) is 0 Å². The summed E-state index contributed by atoms with van der Waals surface area (Å²) in [5, 5.41) is 0. The predicted octanol–water partition coefficient (Wildman–Crippen LogP) is 3.19. The molecule has 1 heterocycles. The number of rotatable bonds is 2. The van der Waals surface area contributed by atoms with E-state index in [1.807, 2.05) is 11.0 Å². The molecule has 0 spiro atoms. The normalized spacial score (nSPS) is 20.6. The van der Waals surface area contributed by atoms with Crippen LogP contribution in [0.4, 0.5) is 5.69 Å². The highest BCUT2D eigenvalue weighted by Crippen LogP contribution is 2.27. The minimum Gasteiger partial charge on any atom is -0.312 e. The molecule has 2 nitrogen and oxygen atoms in total. The van der Waals surface area contributed by atoms with Crippen molar-refractivity contribution in [2.45, 2.75) is 13.3 Å². The summed E-state index contributed by atoms with van der Waals surface area (Å²) in [4.78, 5) is 13.6. The zero-order valence-corrected chi connectivity index (χ0v) is 12.0. The Kier molecular flexibility index (Phi) is 3.74. The summed E-state index contributed by atoms with van der Waals surface area (Å²) in [7, 11) is 0. The first-order valence-corrected chi connectivity index (χ1v) is 6.85. The van der Waals surface area contributed by atoms with Crippen LogP contribution in [0.15, 0.2) is 18.2 Å². The number of hydrogen-bond donors (Lipinski definition) is 0. The van der Waals surface area contributed by atoms with Gasteiger partial charge in [0.2, 0.25) is 5.91 Å². The molecular weight excluding hydrogens is 336 g/mol. The van der Waals surface area contributed by atoms with Crippen molar-refractivity contribution >= 4 is 45.8 Å². The minimum absolute atomic E-state index is 0.185. The van der Waals surface area contributed by atoms with Crippen molar-refractivity contribution in [1.82, 2.24) is 0 Å². The average molecular weight is 350 g/mol. The Morgan fingerprint density at radius 3 is 2.88 bits per heavy atom. The van der Waals surface area contributed by atoms with Crippen LogP contribution in [-0.2, 0) is 4.79 Å². The van der Waals surface area contributed by atoms with E-state index >= 15 is 0 Å². The van der Waals surface area contributed by atoms with E-state index in [0.717, 1.165) is 12.2 Å². The Hall–Kier alpha value is -0.290. The molecule has 4 heteroatoms. The predicted molar refractivity (Wildman–Crippen MR) is 75.1 cm³/mol. The lowest BCUT2D eigenvalue weighted by molar-refractivity contribution is -0.117. The van der Waals surface area contributed by atoms with Gasteiger partial charge in [0.05, 0.1) is 0 Å². The SMILES string of the molecule is Cc1ccc(N2CC(CCl)CC2=O)cc1I. The highest BCUT2D eigenvalue weighted by molar-refractivity contribution is 14.1. The van der Waals surface area contributed by atoms with Gasteiger partial charge in [-0.2, -0.15) is 0 Å². The monoisotopic (exact) mass is 349 g/mol. The molecule has 1 aromatic rings. The molecule has 0 saturated carbocycles. The van der Waals surface area contributed by atoms with E-state index in [0.29, 0.717) is 18.2 Å². The molecule has 86 valence electrons. The van der Waals surface area contributed by atoms with Crippen LogP contribution in [0.5, 0.6) is 0 Å². The third-order valence-electron chi connectivity index (χ3n) is 2.89. The van der Waals surface area contributed by atoms with Gasteiger partial charge in [0.1, 0.15) is 0 Å². The molecule has 1 aromatic carbocycles. The highest BCUT2D eigenvalue weighted by Gasteiger charge is 2.29. The van der Waals surface area contributed by atoms with Crippen LogP contribution in [0.2, 0.25) is 0 Å². The van der Waals surface area contributed by atoms with Gasteiger partial charge in [-0.15, -0.1) is 11.6 Å². The van der Waals surface area contributed by atoms with Gasteiger partial charge in [-0.25, -0.2) is 0 Å². The largest absolute Gasteiger partial charge is 0.312 e. The summed E-state index contributed by atoms with van der Waals surface area (Å²) in [6.45, 7) is 2.82. The van der Waals surface area contributed by atoms with Gasteiger partial charge < -0.3 is 4.90 Å². The van der Waals surface area contributed by atoms with Crippen LogP contribution in [0, 0.1) is 16.4 Å². The highest BCUT2D eigenvalue weighted by atomic mass is 127. The third kappa shape index (κ3) is 2.35. The maximum absolute atomic E-state index is 11.8. The van der Waals surface area contributed by atoms with E-state index in [2.05, 4.69) is 41.6 Å². The molecule has 1 fully saturated rings. The fraction of sp³-hybridized carbons (Fsp3) is 0.417. The van der Waals surface area contributed by atoms with Gasteiger partial charge in [0, 0.05) is 28.1 Å². The molecule has 0 aliphatic carbocycles. The number of hydrogen-bond acceptors (Lipinski definition) is 1. The average Bonchev–Trinajstić information content (AvgIpc) is 2.64. The zero-order valence-electron chi connectivity index (χ0n) is 9.04. The van der Waals surface area contributed by atoms with E-state index < -0.39 is 0 Å². The second-order valence-corrected chi connectivity index (χ2v) is 5.63. The molecule has 16 heavy (non-hydrogen) atoms. The van der Waals surface area contributed by atoms with Crippen LogP contribution in [0.3, 0.4) is 0 Å². The number of amides is 1. The number of aryl methyl sites for hydroxylation is 1. The van der Waals surface area contributed by atoms with Crippen molar-refractivity contribution in [1.29, 1.82) is 0 Å². The Balaban J connectivity index is 2.24. The van der Waals surface area contributed by atoms with Crippen LogP contribution in [-0.4, -0.2) is 18.3 Å². The lowest BCUT2D eigenvalue weighted by atomic mass is 10.1. The molecule has 1 aliphatic heterocycles. The quantitative estimate of drug-likeness (QED) is 0.593. The molecular formula is C12H13ClINO. The molecule has 2 rings (SSSR count). The summed E-state index contributed by atoms with van der Waals surface area (Å²) in [5.41, 5.74) is 2.23. The van der Waals surface area contributed by atoms with Crippen LogP contribution >= 0.6 is 34.2 Å². The van der Waals surface area contributed by atoms with Crippen molar-refractivity contribution < 1.29 is 4.79 Å². The maximum atomic E-state index is 11.8. The number of carbonyl (C=O) groups excluding carboxylic acids is 1. The van der Waals surface area contributed by atoms with Gasteiger partial charge in [-0.3, -0.25) is 4.79 Å². The summed E-state index contributed by atoms with van der Waals surface area (Å²) < 4.78 is 1.19. The Morgan fingerprint density at radius 1 is 1.56 bits per heavy atom. The first kappa shape index (κ1) is 12.2. The summed E-state index contributed by atoms with van der Waals surface area (Å²) in [5.74, 6) is 1.05. The van der Waals surface area contributed by atoms with E-state index in [1.54, 1.807) is 0 Å². The molecule has 0 aromatic heterocycles. The Labute approximate surface area is 114 Å². The Bertz CT molecular complexity index is 421. The molecule has 0 bridgehead atoms. The third-order valence-corrected chi connectivity index (χ3v) is 4.49. The number of nitrogens with zero attached hydrogens (tertiary/aromatic N) is 1. The van der Waals surface area contributed by atoms with E-state index in [1.165, 1.54) is 9.13 Å². The first-order chi connectivity index (χ1) is 7.61. The number of alkyl halides is 1. The van der Waals surface area contributed by atoms with Crippen molar-refractivity contribution in [3.8, 4) is 0 Å². The fourth-order valence-corrected chi connectivity index (χ4v) is 2.59. The molecule has 1 amide bonds. The van der Waals surface area contributed by atoms with Gasteiger partial charge >= 0.3 is 0 Å². The summed E-state index contributed by atoms with van der Waals surface area (Å²) in [6, 6.07) is 6.12. The molecule has 1 aliphatic rings. The maximum Gasteiger partial charge on any atom is 0.227 e. The van der Waals surface area contributed by atoms with Crippen molar-refractivity contribution in [2.24, 2.45) is 5.92 Å². The van der Waals surface area contributed by atoms with Crippen LogP contribution in [0.1, 0.15) is 12.0 Å². The Morgan fingerprint density at radius 2 is 2.31 bits per heavy atom. The number of carbonyl (C=O) groups is 1.